The number of imidazole rings is 1. The number of nitrogens with zero attached hydrogens (tertiary/aromatic N) is 2. The summed E-state index contributed by atoms with van der Waals surface area (Å²) in [6, 6.07) is 0. The van der Waals surface area contributed by atoms with Crippen LogP contribution in [0.5, 0.6) is 0 Å². The van der Waals surface area contributed by atoms with Crippen LogP contribution in [0.25, 0.3) is 4.96 Å². The molecule has 1 N–H and O–H groups in total. The molecule has 0 bridgehead atoms. The SMILES string of the molecule is CC1(NS(=O)(=O)c2c(Cl)nc3sccn23)CCOC1. The summed E-state index contributed by atoms with van der Waals surface area (Å²) in [6.45, 7) is 2.72. The lowest BCUT2D eigenvalue weighted by molar-refractivity contribution is 0.178. The highest BCUT2D eigenvalue weighted by Gasteiger charge is 2.37. The molecule has 0 radical (unpaired) electrons. The van der Waals surface area contributed by atoms with E-state index in [1.54, 1.807) is 11.6 Å². The average Bonchev–Trinajstić information content (AvgIpc) is 2.92. The van der Waals surface area contributed by atoms with Crippen molar-refractivity contribution in [1.82, 2.24) is 14.1 Å². The molecule has 0 amide bonds. The summed E-state index contributed by atoms with van der Waals surface area (Å²) < 4.78 is 34.3. The Balaban J connectivity index is 2.04. The monoisotopic (exact) mass is 321 g/mol. The number of ether oxygens (including phenoxy) is 1. The molecule has 3 rings (SSSR count). The van der Waals surface area contributed by atoms with E-state index >= 15 is 0 Å². The summed E-state index contributed by atoms with van der Waals surface area (Å²) in [5.41, 5.74) is -0.595. The number of fused-ring (bicyclic) bond motifs is 1. The van der Waals surface area contributed by atoms with Crippen LogP contribution in [0.1, 0.15) is 13.3 Å². The standard InChI is InChI=1S/C10H12ClN3O3S2/c1-10(2-4-17-6-10)13-19(15,16)8-7(11)12-9-14(8)3-5-18-9/h3,5,13H,2,4,6H2,1H3. The van der Waals surface area contributed by atoms with E-state index in [-0.39, 0.29) is 10.2 Å². The molecule has 9 heteroatoms. The number of nitrogens with one attached hydrogen (secondary N) is 1. The normalized spacial score (nSPS) is 24.3. The fourth-order valence-electron chi connectivity index (χ4n) is 2.10. The first kappa shape index (κ1) is 13.3. The predicted molar refractivity (Wildman–Crippen MR) is 72.2 cm³/mol. The fourth-order valence-corrected chi connectivity index (χ4v) is 4.98. The Hall–Kier alpha value is -0.670. The van der Waals surface area contributed by atoms with Crippen molar-refractivity contribution in [3.63, 3.8) is 0 Å². The number of halogens is 1. The van der Waals surface area contributed by atoms with Crippen molar-refractivity contribution in [3.8, 4) is 0 Å². The van der Waals surface area contributed by atoms with E-state index in [0.29, 0.717) is 24.6 Å². The van der Waals surface area contributed by atoms with Gasteiger partial charge in [-0.1, -0.05) is 11.6 Å². The Labute approximate surface area is 119 Å². The molecule has 0 aromatic carbocycles. The van der Waals surface area contributed by atoms with E-state index < -0.39 is 15.6 Å². The molecule has 19 heavy (non-hydrogen) atoms. The molecular weight excluding hydrogens is 310 g/mol. The second-order valence-electron chi connectivity index (χ2n) is 4.73. The van der Waals surface area contributed by atoms with Crippen LogP contribution in [0.4, 0.5) is 0 Å². The highest BCUT2D eigenvalue weighted by Crippen LogP contribution is 2.27. The van der Waals surface area contributed by atoms with Crippen LogP contribution in [0, 0.1) is 0 Å². The average molecular weight is 322 g/mol. The van der Waals surface area contributed by atoms with Crippen LogP contribution >= 0.6 is 22.9 Å². The van der Waals surface area contributed by atoms with Crippen LogP contribution in [-0.4, -0.2) is 36.6 Å². The third kappa shape index (κ3) is 2.27. The smallest absolute Gasteiger partial charge is 0.260 e. The van der Waals surface area contributed by atoms with Gasteiger partial charge >= 0.3 is 0 Å². The van der Waals surface area contributed by atoms with Crippen molar-refractivity contribution in [1.29, 1.82) is 0 Å². The quantitative estimate of drug-likeness (QED) is 0.930. The van der Waals surface area contributed by atoms with Crippen molar-refractivity contribution in [2.45, 2.75) is 23.9 Å². The molecule has 1 aliphatic rings. The maximum atomic E-state index is 12.5. The van der Waals surface area contributed by atoms with Crippen LogP contribution in [0.15, 0.2) is 16.6 Å². The Morgan fingerprint density at radius 3 is 3.11 bits per heavy atom. The number of hydrogen-bond donors (Lipinski definition) is 1. The summed E-state index contributed by atoms with van der Waals surface area (Å²) in [6.07, 6.45) is 2.27. The van der Waals surface area contributed by atoms with Gasteiger partial charge in [-0.3, -0.25) is 4.40 Å². The van der Waals surface area contributed by atoms with Gasteiger partial charge in [0.25, 0.3) is 10.0 Å². The summed E-state index contributed by atoms with van der Waals surface area (Å²) in [4.78, 5) is 4.59. The minimum Gasteiger partial charge on any atom is -0.379 e. The van der Waals surface area contributed by atoms with Gasteiger partial charge in [0.1, 0.15) is 0 Å². The summed E-state index contributed by atoms with van der Waals surface area (Å²) >= 11 is 7.28. The van der Waals surface area contributed by atoms with Crippen molar-refractivity contribution in [2.24, 2.45) is 0 Å². The topological polar surface area (TPSA) is 72.7 Å². The van der Waals surface area contributed by atoms with E-state index in [9.17, 15) is 8.42 Å². The molecule has 1 aliphatic heterocycles. The second-order valence-corrected chi connectivity index (χ2v) is 7.56. The van der Waals surface area contributed by atoms with Gasteiger partial charge in [0.05, 0.1) is 12.1 Å². The lowest BCUT2D eigenvalue weighted by Gasteiger charge is -2.22. The third-order valence-corrected chi connectivity index (χ3v) is 5.83. The Kier molecular flexibility index (Phi) is 3.10. The van der Waals surface area contributed by atoms with E-state index in [1.165, 1.54) is 15.7 Å². The number of aromatic nitrogens is 2. The molecule has 1 saturated heterocycles. The minimum absolute atomic E-state index is 0.0122. The Morgan fingerprint density at radius 2 is 2.42 bits per heavy atom. The van der Waals surface area contributed by atoms with Gasteiger partial charge in [0.2, 0.25) is 0 Å². The largest absolute Gasteiger partial charge is 0.379 e. The van der Waals surface area contributed by atoms with E-state index in [2.05, 4.69) is 9.71 Å². The van der Waals surface area contributed by atoms with Crippen molar-refractivity contribution < 1.29 is 13.2 Å². The van der Waals surface area contributed by atoms with Crippen LogP contribution < -0.4 is 4.72 Å². The van der Waals surface area contributed by atoms with Gasteiger partial charge in [0.15, 0.2) is 15.1 Å². The molecule has 3 heterocycles. The van der Waals surface area contributed by atoms with Crippen LogP contribution in [0.2, 0.25) is 5.15 Å². The maximum absolute atomic E-state index is 12.5. The van der Waals surface area contributed by atoms with Crippen molar-refractivity contribution >= 4 is 37.9 Å². The number of hydrogen-bond acceptors (Lipinski definition) is 5. The molecule has 0 saturated carbocycles. The zero-order valence-corrected chi connectivity index (χ0v) is 12.5. The lowest BCUT2D eigenvalue weighted by atomic mass is 10.0. The van der Waals surface area contributed by atoms with Crippen molar-refractivity contribution in [2.75, 3.05) is 13.2 Å². The van der Waals surface area contributed by atoms with E-state index in [0.717, 1.165) is 0 Å². The highest BCUT2D eigenvalue weighted by atomic mass is 35.5. The number of thiazole rings is 1. The van der Waals surface area contributed by atoms with Crippen molar-refractivity contribution in [3.05, 3.63) is 16.7 Å². The van der Waals surface area contributed by atoms with Gasteiger partial charge in [-0.05, 0) is 13.3 Å². The molecular formula is C10H12ClN3O3S2. The third-order valence-electron chi connectivity index (χ3n) is 3.03. The zero-order chi connectivity index (χ0) is 13.7. The van der Waals surface area contributed by atoms with Gasteiger partial charge in [-0.25, -0.2) is 18.1 Å². The second kappa shape index (κ2) is 4.42. The Morgan fingerprint density at radius 1 is 1.63 bits per heavy atom. The molecule has 1 atom stereocenters. The van der Waals surface area contributed by atoms with Gasteiger partial charge < -0.3 is 4.74 Å². The Bertz CT molecular complexity index is 716. The maximum Gasteiger partial charge on any atom is 0.260 e. The first-order chi connectivity index (χ1) is 8.91. The molecule has 0 aliphatic carbocycles. The number of rotatable bonds is 3. The summed E-state index contributed by atoms with van der Waals surface area (Å²) in [7, 11) is -3.74. The number of sulfonamides is 1. The van der Waals surface area contributed by atoms with Crippen LogP contribution in [0.3, 0.4) is 0 Å². The van der Waals surface area contributed by atoms with Gasteiger partial charge in [-0.2, -0.15) is 0 Å². The molecule has 2 aromatic rings. The minimum atomic E-state index is -3.74. The molecule has 0 spiro atoms. The van der Waals surface area contributed by atoms with Gasteiger partial charge in [-0.15, -0.1) is 11.3 Å². The van der Waals surface area contributed by atoms with Gasteiger partial charge in [0, 0.05) is 18.2 Å². The zero-order valence-electron chi connectivity index (χ0n) is 10.1. The fraction of sp³-hybridized carbons (Fsp3) is 0.500. The van der Waals surface area contributed by atoms with E-state index in [1.807, 2.05) is 6.92 Å². The predicted octanol–water partition coefficient (Wildman–Crippen LogP) is 1.51. The summed E-state index contributed by atoms with van der Waals surface area (Å²) in [5, 5.41) is 1.73. The summed E-state index contributed by atoms with van der Waals surface area (Å²) in [5.74, 6) is 0. The molecule has 1 unspecified atom stereocenters. The molecule has 1 fully saturated rings. The van der Waals surface area contributed by atoms with Crippen LogP contribution in [-0.2, 0) is 14.8 Å². The molecule has 6 nitrogen and oxygen atoms in total. The molecule has 104 valence electrons. The molecule has 2 aromatic heterocycles. The first-order valence-corrected chi connectivity index (χ1v) is 8.38. The van der Waals surface area contributed by atoms with E-state index in [4.69, 9.17) is 16.3 Å². The first-order valence-electron chi connectivity index (χ1n) is 5.64. The lowest BCUT2D eigenvalue weighted by Crippen LogP contribution is -2.46. The highest BCUT2D eigenvalue weighted by molar-refractivity contribution is 7.89.